The number of likely N-dealkylation sites (tertiary alicyclic amines) is 1. The number of carbonyl (C=O) groups is 1. The van der Waals surface area contributed by atoms with Gasteiger partial charge in [-0.15, -0.1) is 0 Å². The Hall–Kier alpha value is -2.15. The van der Waals surface area contributed by atoms with E-state index in [0.717, 1.165) is 30.2 Å². The second-order valence-corrected chi connectivity index (χ2v) is 9.39. The SMILES string of the molecule is COCCCn1c(C2(C(C)(C)C)CCCN(C(=O)O)C2)c(C)c2c(F)cc(F)cc21. The summed E-state index contributed by atoms with van der Waals surface area (Å²) in [7, 11) is 1.63. The van der Waals surface area contributed by atoms with Gasteiger partial charge in [0, 0.05) is 55.9 Å². The summed E-state index contributed by atoms with van der Waals surface area (Å²) in [5.74, 6) is -1.19. The summed E-state index contributed by atoms with van der Waals surface area (Å²) in [6, 6.07) is 2.31. The molecule has 1 atom stereocenters. The number of carboxylic acid groups (broad SMARTS) is 1. The molecule has 166 valence electrons. The molecule has 0 saturated carbocycles. The largest absolute Gasteiger partial charge is 0.465 e. The Morgan fingerprint density at radius 1 is 1.30 bits per heavy atom. The number of ether oxygens (including phenoxy) is 1. The van der Waals surface area contributed by atoms with Gasteiger partial charge in [-0.05, 0) is 43.2 Å². The summed E-state index contributed by atoms with van der Waals surface area (Å²) >= 11 is 0. The molecule has 30 heavy (non-hydrogen) atoms. The zero-order valence-electron chi connectivity index (χ0n) is 18.5. The molecule has 1 fully saturated rings. The van der Waals surface area contributed by atoms with Crippen LogP contribution in [0.25, 0.3) is 10.9 Å². The second kappa shape index (κ2) is 8.17. The number of nitrogens with zero attached hydrogens (tertiary/aromatic N) is 2. The van der Waals surface area contributed by atoms with Gasteiger partial charge in [0.2, 0.25) is 0 Å². The Balaban J connectivity index is 2.32. The number of piperidine rings is 1. The van der Waals surface area contributed by atoms with Gasteiger partial charge in [-0.2, -0.15) is 0 Å². The Morgan fingerprint density at radius 2 is 2.00 bits per heavy atom. The summed E-state index contributed by atoms with van der Waals surface area (Å²) in [5.41, 5.74) is 1.38. The molecule has 5 nitrogen and oxygen atoms in total. The van der Waals surface area contributed by atoms with Gasteiger partial charge in [0.25, 0.3) is 0 Å². The molecule has 1 unspecified atom stereocenters. The predicted molar refractivity (Wildman–Crippen MR) is 113 cm³/mol. The van der Waals surface area contributed by atoms with Gasteiger partial charge in [0.15, 0.2) is 0 Å². The molecule has 0 radical (unpaired) electrons. The van der Waals surface area contributed by atoms with E-state index in [1.807, 2.05) is 11.5 Å². The number of aromatic nitrogens is 1. The number of halogens is 2. The number of aryl methyl sites for hydroxylation is 2. The summed E-state index contributed by atoms with van der Waals surface area (Å²) in [4.78, 5) is 13.3. The van der Waals surface area contributed by atoms with Crippen molar-refractivity contribution in [2.24, 2.45) is 5.41 Å². The Kier molecular flexibility index (Phi) is 6.14. The number of fused-ring (bicyclic) bond motifs is 1. The molecule has 0 spiro atoms. The third-order valence-electron chi connectivity index (χ3n) is 6.71. The number of hydrogen-bond acceptors (Lipinski definition) is 2. The van der Waals surface area contributed by atoms with E-state index < -0.39 is 23.1 Å². The van der Waals surface area contributed by atoms with Crippen LogP contribution in [-0.2, 0) is 16.7 Å². The van der Waals surface area contributed by atoms with Crippen molar-refractivity contribution in [1.82, 2.24) is 9.47 Å². The quantitative estimate of drug-likeness (QED) is 0.664. The smallest absolute Gasteiger partial charge is 0.407 e. The Morgan fingerprint density at radius 3 is 2.60 bits per heavy atom. The number of rotatable bonds is 5. The van der Waals surface area contributed by atoms with Crippen LogP contribution in [0, 0.1) is 24.0 Å². The second-order valence-electron chi connectivity index (χ2n) is 9.39. The third kappa shape index (κ3) is 3.68. The molecule has 1 aromatic heterocycles. The monoisotopic (exact) mass is 422 g/mol. The lowest BCUT2D eigenvalue weighted by molar-refractivity contribution is 0.0537. The average molecular weight is 423 g/mol. The van der Waals surface area contributed by atoms with Gasteiger partial charge in [-0.25, -0.2) is 13.6 Å². The van der Waals surface area contributed by atoms with Crippen LogP contribution in [0.15, 0.2) is 12.1 Å². The van der Waals surface area contributed by atoms with Crippen LogP contribution < -0.4 is 0 Å². The van der Waals surface area contributed by atoms with Gasteiger partial charge in [0.05, 0.1) is 5.52 Å². The molecule has 0 aliphatic carbocycles. The van der Waals surface area contributed by atoms with E-state index in [0.29, 0.717) is 43.6 Å². The van der Waals surface area contributed by atoms with Crippen LogP contribution in [0.2, 0.25) is 0 Å². The maximum Gasteiger partial charge on any atom is 0.407 e. The van der Waals surface area contributed by atoms with E-state index >= 15 is 0 Å². The third-order valence-corrected chi connectivity index (χ3v) is 6.71. The highest BCUT2D eigenvalue weighted by Gasteiger charge is 2.50. The lowest BCUT2D eigenvalue weighted by Gasteiger charge is -2.51. The summed E-state index contributed by atoms with van der Waals surface area (Å²) in [5, 5.41) is 10.1. The van der Waals surface area contributed by atoms with Crippen LogP contribution in [-0.4, -0.2) is 47.5 Å². The van der Waals surface area contributed by atoms with Crippen molar-refractivity contribution in [3.63, 3.8) is 0 Å². The standard InChI is InChI=1S/C23H32F2N2O3/c1-15-19-17(25)12-16(24)13-18(19)27(10-7-11-30-5)20(15)23(22(2,3)4)8-6-9-26(14-23)21(28)29/h12-13H,6-11,14H2,1-5H3,(H,28,29). The van der Waals surface area contributed by atoms with Gasteiger partial charge in [-0.3, -0.25) is 0 Å². The van der Waals surface area contributed by atoms with Crippen LogP contribution in [0.3, 0.4) is 0 Å². The lowest BCUT2D eigenvalue weighted by Crippen LogP contribution is -2.55. The fourth-order valence-corrected chi connectivity index (χ4v) is 5.18. The molecular formula is C23H32F2N2O3. The number of hydrogen-bond donors (Lipinski definition) is 1. The van der Waals surface area contributed by atoms with E-state index in [9.17, 15) is 18.7 Å². The van der Waals surface area contributed by atoms with E-state index in [2.05, 4.69) is 20.8 Å². The molecule has 3 rings (SSSR count). The summed E-state index contributed by atoms with van der Waals surface area (Å²) in [6.45, 7) is 10.1. The van der Waals surface area contributed by atoms with Crippen molar-refractivity contribution >= 4 is 17.0 Å². The zero-order valence-corrected chi connectivity index (χ0v) is 18.5. The Labute approximate surface area is 176 Å². The van der Waals surface area contributed by atoms with Crippen LogP contribution in [0.4, 0.5) is 13.6 Å². The summed E-state index contributed by atoms with van der Waals surface area (Å²) < 4.78 is 36.3. The maximum absolute atomic E-state index is 14.9. The molecule has 7 heteroatoms. The molecule has 0 bridgehead atoms. The molecule has 2 heterocycles. The fourth-order valence-electron chi connectivity index (χ4n) is 5.18. The number of methoxy groups -OCH3 is 1. The minimum Gasteiger partial charge on any atom is -0.465 e. The van der Waals surface area contributed by atoms with E-state index in [-0.39, 0.29) is 5.41 Å². The minimum absolute atomic E-state index is 0.297. The van der Waals surface area contributed by atoms with Crippen LogP contribution >= 0.6 is 0 Å². The molecular weight excluding hydrogens is 390 g/mol. The highest BCUT2D eigenvalue weighted by molar-refractivity contribution is 5.87. The molecule has 1 aliphatic heterocycles. The van der Waals surface area contributed by atoms with Gasteiger partial charge >= 0.3 is 6.09 Å². The van der Waals surface area contributed by atoms with Crippen LogP contribution in [0.1, 0.15) is 51.3 Å². The first kappa shape index (κ1) is 22.5. The fraction of sp³-hybridized carbons (Fsp3) is 0.609. The van der Waals surface area contributed by atoms with Gasteiger partial charge in [0.1, 0.15) is 11.6 Å². The van der Waals surface area contributed by atoms with Crippen LogP contribution in [0.5, 0.6) is 0 Å². The van der Waals surface area contributed by atoms with Crippen molar-refractivity contribution in [1.29, 1.82) is 0 Å². The van der Waals surface area contributed by atoms with Crippen molar-refractivity contribution in [3.05, 3.63) is 35.0 Å². The molecule has 2 aromatic rings. The topological polar surface area (TPSA) is 54.7 Å². The first-order chi connectivity index (χ1) is 14.0. The maximum atomic E-state index is 14.9. The minimum atomic E-state index is -0.944. The zero-order chi connectivity index (χ0) is 22.3. The van der Waals surface area contributed by atoms with Crippen molar-refractivity contribution < 1.29 is 23.4 Å². The van der Waals surface area contributed by atoms with E-state index in [1.165, 1.54) is 11.0 Å². The van der Waals surface area contributed by atoms with Crippen molar-refractivity contribution in [2.75, 3.05) is 26.8 Å². The van der Waals surface area contributed by atoms with Crippen molar-refractivity contribution in [2.45, 2.75) is 58.9 Å². The normalized spacial score (nSPS) is 20.2. The first-order valence-electron chi connectivity index (χ1n) is 10.5. The van der Waals surface area contributed by atoms with Gasteiger partial charge < -0.3 is 19.3 Å². The van der Waals surface area contributed by atoms with Gasteiger partial charge in [-0.1, -0.05) is 20.8 Å². The number of benzene rings is 1. The number of amides is 1. The summed E-state index contributed by atoms with van der Waals surface area (Å²) in [6.07, 6.45) is 1.25. The molecule has 1 aliphatic rings. The predicted octanol–water partition coefficient (Wildman–Crippen LogP) is 5.32. The molecule has 1 aromatic carbocycles. The lowest BCUT2D eigenvalue weighted by atomic mass is 9.60. The molecule has 1 N–H and O–H groups in total. The van der Waals surface area contributed by atoms with Crippen molar-refractivity contribution in [3.8, 4) is 0 Å². The highest BCUT2D eigenvalue weighted by atomic mass is 19.1. The molecule has 1 saturated heterocycles. The van der Waals surface area contributed by atoms with E-state index in [4.69, 9.17) is 4.74 Å². The average Bonchev–Trinajstić information content (AvgIpc) is 2.93. The first-order valence-corrected chi connectivity index (χ1v) is 10.5. The Bertz CT molecular complexity index is 948. The highest BCUT2D eigenvalue weighted by Crippen LogP contribution is 2.51. The van der Waals surface area contributed by atoms with E-state index in [1.54, 1.807) is 7.11 Å². The molecule has 1 amide bonds.